The van der Waals surface area contributed by atoms with E-state index in [4.69, 9.17) is 9.47 Å². The van der Waals surface area contributed by atoms with Crippen LogP contribution >= 0.6 is 15.9 Å². The Balaban J connectivity index is 1.71. The number of benzene rings is 3. The summed E-state index contributed by atoms with van der Waals surface area (Å²) in [7, 11) is 0. The SMILES string of the molecule is CCOc1cc(/C=N/NC(=O)c2ccccc2Br)ccc1OC(=O)c1ccccc1. The van der Waals surface area contributed by atoms with Crippen molar-refractivity contribution in [2.45, 2.75) is 6.92 Å². The van der Waals surface area contributed by atoms with Crippen LogP contribution in [0.1, 0.15) is 33.2 Å². The Morgan fingerprint density at radius 3 is 2.47 bits per heavy atom. The van der Waals surface area contributed by atoms with Crippen LogP contribution in [-0.2, 0) is 0 Å². The number of hydrogen-bond donors (Lipinski definition) is 1. The second-order valence-electron chi connectivity index (χ2n) is 6.07. The fourth-order valence-electron chi connectivity index (χ4n) is 2.56. The highest BCUT2D eigenvalue weighted by Crippen LogP contribution is 2.29. The second kappa shape index (κ2) is 10.4. The number of ether oxygens (including phenoxy) is 2. The quantitative estimate of drug-likeness (QED) is 0.234. The Morgan fingerprint density at radius 2 is 1.73 bits per heavy atom. The zero-order chi connectivity index (χ0) is 21.3. The number of carbonyl (C=O) groups excluding carboxylic acids is 2. The Kier molecular flexibility index (Phi) is 7.34. The third-order valence-corrected chi connectivity index (χ3v) is 4.67. The van der Waals surface area contributed by atoms with Crippen molar-refractivity contribution in [3.8, 4) is 11.5 Å². The fourth-order valence-corrected chi connectivity index (χ4v) is 3.03. The van der Waals surface area contributed by atoms with Gasteiger partial charge in [0.2, 0.25) is 0 Å². The summed E-state index contributed by atoms with van der Waals surface area (Å²) in [5, 5.41) is 3.99. The number of hydrogen-bond acceptors (Lipinski definition) is 5. The summed E-state index contributed by atoms with van der Waals surface area (Å²) in [5.41, 5.74) is 4.08. The Hall–Kier alpha value is -3.45. The van der Waals surface area contributed by atoms with Gasteiger partial charge in [0, 0.05) is 4.47 Å². The van der Waals surface area contributed by atoms with E-state index in [1.54, 1.807) is 60.7 Å². The van der Waals surface area contributed by atoms with Crippen LogP contribution in [0.2, 0.25) is 0 Å². The molecule has 0 unspecified atom stereocenters. The third kappa shape index (κ3) is 5.55. The normalized spacial score (nSPS) is 10.6. The molecule has 6 nitrogen and oxygen atoms in total. The zero-order valence-corrected chi connectivity index (χ0v) is 17.8. The number of nitrogens with one attached hydrogen (secondary N) is 1. The van der Waals surface area contributed by atoms with Gasteiger partial charge in [0.1, 0.15) is 0 Å². The smallest absolute Gasteiger partial charge is 0.343 e. The van der Waals surface area contributed by atoms with Crippen LogP contribution in [0.4, 0.5) is 0 Å². The molecule has 0 aliphatic rings. The Bertz CT molecular complexity index is 1070. The highest BCUT2D eigenvalue weighted by Gasteiger charge is 2.13. The summed E-state index contributed by atoms with van der Waals surface area (Å²) in [6, 6.07) is 20.8. The van der Waals surface area contributed by atoms with Gasteiger partial charge in [0.05, 0.1) is 23.9 Å². The van der Waals surface area contributed by atoms with Gasteiger partial charge < -0.3 is 9.47 Å². The number of esters is 1. The first kappa shape index (κ1) is 21.3. The monoisotopic (exact) mass is 466 g/mol. The van der Waals surface area contributed by atoms with Gasteiger partial charge in [-0.15, -0.1) is 0 Å². The molecular weight excluding hydrogens is 448 g/mol. The molecule has 0 aliphatic carbocycles. The topological polar surface area (TPSA) is 77.0 Å². The van der Waals surface area contributed by atoms with Gasteiger partial charge in [-0.3, -0.25) is 4.79 Å². The molecule has 0 aromatic heterocycles. The second-order valence-corrected chi connectivity index (χ2v) is 6.93. The first-order valence-electron chi connectivity index (χ1n) is 9.20. The van der Waals surface area contributed by atoms with E-state index >= 15 is 0 Å². The lowest BCUT2D eigenvalue weighted by Gasteiger charge is -2.11. The van der Waals surface area contributed by atoms with E-state index in [0.717, 1.165) is 0 Å². The number of rotatable bonds is 7. The maximum atomic E-state index is 12.3. The van der Waals surface area contributed by atoms with Crippen molar-refractivity contribution in [2.24, 2.45) is 5.10 Å². The molecule has 3 aromatic carbocycles. The molecule has 7 heteroatoms. The molecule has 0 heterocycles. The van der Waals surface area contributed by atoms with Crippen molar-refractivity contribution in [1.29, 1.82) is 0 Å². The van der Waals surface area contributed by atoms with E-state index in [1.165, 1.54) is 6.21 Å². The van der Waals surface area contributed by atoms with Crippen LogP contribution in [0, 0.1) is 0 Å². The average molecular weight is 467 g/mol. The largest absolute Gasteiger partial charge is 0.490 e. The van der Waals surface area contributed by atoms with Gasteiger partial charge in [-0.25, -0.2) is 10.2 Å². The Labute approximate surface area is 182 Å². The predicted octanol–water partition coefficient (Wildman–Crippen LogP) is 4.83. The summed E-state index contributed by atoms with van der Waals surface area (Å²) < 4.78 is 11.7. The lowest BCUT2D eigenvalue weighted by Crippen LogP contribution is -2.18. The summed E-state index contributed by atoms with van der Waals surface area (Å²) in [6.45, 7) is 2.23. The molecule has 1 amide bonds. The van der Waals surface area contributed by atoms with Crippen molar-refractivity contribution in [3.63, 3.8) is 0 Å². The van der Waals surface area contributed by atoms with Gasteiger partial charge in [-0.05, 0) is 70.9 Å². The third-order valence-electron chi connectivity index (χ3n) is 3.98. The van der Waals surface area contributed by atoms with Gasteiger partial charge in [-0.1, -0.05) is 30.3 Å². The lowest BCUT2D eigenvalue weighted by molar-refractivity contribution is 0.0728. The van der Waals surface area contributed by atoms with E-state index < -0.39 is 5.97 Å². The van der Waals surface area contributed by atoms with E-state index in [9.17, 15) is 9.59 Å². The highest BCUT2D eigenvalue weighted by molar-refractivity contribution is 9.10. The van der Waals surface area contributed by atoms with E-state index in [-0.39, 0.29) is 5.91 Å². The molecule has 0 bridgehead atoms. The maximum Gasteiger partial charge on any atom is 0.343 e. The fraction of sp³-hybridized carbons (Fsp3) is 0.0870. The molecule has 30 heavy (non-hydrogen) atoms. The molecule has 0 atom stereocenters. The van der Waals surface area contributed by atoms with Crippen molar-refractivity contribution >= 4 is 34.0 Å². The van der Waals surface area contributed by atoms with Crippen molar-refractivity contribution in [2.75, 3.05) is 6.61 Å². The number of hydrazone groups is 1. The molecule has 0 aliphatic heterocycles. The van der Waals surface area contributed by atoms with Crippen molar-refractivity contribution in [1.82, 2.24) is 5.43 Å². The molecule has 152 valence electrons. The molecule has 0 radical (unpaired) electrons. The molecule has 3 rings (SSSR count). The zero-order valence-electron chi connectivity index (χ0n) is 16.2. The summed E-state index contributed by atoms with van der Waals surface area (Å²) >= 11 is 3.33. The molecule has 0 saturated heterocycles. The minimum Gasteiger partial charge on any atom is -0.490 e. The van der Waals surface area contributed by atoms with E-state index in [1.807, 2.05) is 19.1 Å². The minimum absolute atomic E-state index is 0.306. The van der Waals surface area contributed by atoms with Gasteiger partial charge in [0.25, 0.3) is 5.91 Å². The highest BCUT2D eigenvalue weighted by atomic mass is 79.9. The lowest BCUT2D eigenvalue weighted by atomic mass is 10.2. The predicted molar refractivity (Wildman–Crippen MR) is 118 cm³/mol. The van der Waals surface area contributed by atoms with Crippen LogP contribution in [0.5, 0.6) is 11.5 Å². The molecule has 0 saturated carbocycles. The summed E-state index contributed by atoms with van der Waals surface area (Å²) in [4.78, 5) is 24.5. The molecular formula is C23H19BrN2O4. The van der Waals surface area contributed by atoms with Crippen LogP contribution in [0.25, 0.3) is 0 Å². The van der Waals surface area contributed by atoms with Gasteiger partial charge in [0.15, 0.2) is 11.5 Å². The molecule has 3 aromatic rings. The molecule has 0 spiro atoms. The van der Waals surface area contributed by atoms with Crippen LogP contribution < -0.4 is 14.9 Å². The number of nitrogens with zero attached hydrogens (tertiary/aromatic N) is 1. The maximum absolute atomic E-state index is 12.3. The van der Waals surface area contributed by atoms with Crippen LogP contribution in [0.15, 0.2) is 82.4 Å². The number of carbonyl (C=O) groups is 2. The van der Waals surface area contributed by atoms with Crippen molar-refractivity contribution in [3.05, 3.63) is 94.0 Å². The summed E-state index contributed by atoms with van der Waals surface area (Å²) in [5.74, 6) is -0.0983. The van der Waals surface area contributed by atoms with Crippen molar-refractivity contribution < 1.29 is 19.1 Å². The van der Waals surface area contributed by atoms with Gasteiger partial charge >= 0.3 is 5.97 Å². The van der Waals surface area contributed by atoms with Crippen LogP contribution in [0.3, 0.4) is 0 Å². The van der Waals surface area contributed by atoms with E-state index in [0.29, 0.717) is 39.3 Å². The first-order valence-corrected chi connectivity index (χ1v) is 9.99. The minimum atomic E-state index is -0.473. The standard InChI is InChI=1S/C23H19BrN2O4/c1-2-29-21-14-16(15-25-26-22(27)18-10-6-7-11-19(18)24)12-13-20(21)30-23(28)17-8-4-3-5-9-17/h3-15H,2H2,1H3,(H,26,27)/b25-15+. The van der Waals surface area contributed by atoms with E-state index in [2.05, 4.69) is 26.5 Å². The number of amides is 1. The molecule has 1 N–H and O–H groups in total. The van der Waals surface area contributed by atoms with Crippen LogP contribution in [-0.4, -0.2) is 24.7 Å². The molecule has 0 fully saturated rings. The van der Waals surface area contributed by atoms with Gasteiger partial charge in [-0.2, -0.15) is 5.10 Å². The average Bonchev–Trinajstić information content (AvgIpc) is 2.76. The Morgan fingerprint density at radius 1 is 1.00 bits per heavy atom. The first-order chi connectivity index (χ1) is 14.6. The number of halogens is 1. The summed E-state index contributed by atoms with van der Waals surface area (Å²) in [6.07, 6.45) is 1.49.